The Kier molecular flexibility index (Phi) is 16.9. The molecule has 4 heterocycles. The average molecular weight is 799 g/mol. The van der Waals surface area contributed by atoms with E-state index in [0.29, 0.717) is 22.2 Å². The highest BCUT2D eigenvalue weighted by molar-refractivity contribution is 7.13. The van der Waals surface area contributed by atoms with Crippen LogP contribution < -0.4 is 0 Å². The topological polar surface area (TPSA) is 0 Å². The molecule has 0 fully saturated rings. The first-order valence-corrected chi connectivity index (χ1v) is 23.1. The van der Waals surface area contributed by atoms with Crippen molar-refractivity contribution in [3.05, 3.63) is 83.5 Å². The van der Waals surface area contributed by atoms with Gasteiger partial charge in [0.1, 0.15) is 0 Å². The van der Waals surface area contributed by atoms with Crippen LogP contribution in [0.25, 0.3) is 0 Å². The second-order valence-corrected chi connectivity index (χ2v) is 25.5. The average Bonchev–Trinajstić information content (AvgIpc) is 3.63. The molecule has 53 heavy (non-hydrogen) atoms. The normalized spacial score (nSPS) is 12.6. The molecule has 0 nitrogen and oxygen atoms in total. The molecule has 0 aliphatic heterocycles. The van der Waals surface area contributed by atoms with Crippen molar-refractivity contribution < 1.29 is 0 Å². The molecule has 0 radical (unpaired) electrons. The lowest BCUT2D eigenvalue weighted by Crippen LogP contribution is -2.10. The molecule has 0 saturated heterocycles. The van der Waals surface area contributed by atoms with Crippen molar-refractivity contribution in [1.29, 1.82) is 0 Å². The van der Waals surface area contributed by atoms with Gasteiger partial charge in [-0.25, -0.2) is 0 Å². The van der Waals surface area contributed by atoms with Gasteiger partial charge in [-0.1, -0.05) is 118 Å². The van der Waals surface area contributed by atoms with Crippen LogP contribution in [0.1, 0.15) is 207 Å². The summed E-state index contributed by atoms with van der Waals surface area (Å²) in [6.07, 6.45) is 0. The van der Waals surface area contributed by atoms with Crippen LogP contribution in [0.2, 0.25) is 0 Å². The van der Waals surface area contributed by atoms with E-state index in [4.69, 9.17) is 0 Å². The Labute approximate surface area is 346 Å². The van der Waals surface area contributed by atoms with Gasteiger partial charge in [0.05, 0.1) is 0 Å². The third-order valence-electron chi connectivity index (χ3n) is 10.2. The lowest BCUT2D eigenvalue weighted by atomic mass is 9.87. The first-order valence-electron chi connectivity index (χ1n) is 19.8. The molecule has 0 spiro atoms. The monoisotopic (exact) mass is 799 g/mol. The van der Waals surface area contributed by atoms with E-state index in [1.54, 1.807) is 19.5 Å². The molecule has 302 valence electrons. The highest BCUT2D eigenvalue weighted by Crippen LogP contribution is 2.42. The van der Waals surface area contributed by atoms with Crippen molar-refractivity contribution in [2.24, 2.45) is 0 Å². The van der Waals surface area contributed by atoms with Crippen molar-refractivity contribution >= 4 is 45.3 Å². The van der Waals surface area contributed by atoms with E-state index in [0.717, 1.165) is 0 Å². The van der Waals surface area contributed by atoms with E-state index >= 15 is 0 Å². The fourth-order valence-electron chi connectivity index (χ4n) is 6.82. The van der Waals surface area contributed by atoms with Gasteiger partial charge >= 0.3 is 0 Å². The fraction of sp³-hybridized carbons (Fsp3) is 0.673. The van der Waals surface area contributed by atoms with Crippen LogP contribution in [-0.4, -0.2) is 0 Å². The lowest BCUT2D eigenvalue weighted by molar-refractivity contribution is 0.599. The Hall–Kier alpha value is -1.20. The summed E-state index contributed by atoms with van der Waals surface area (Å²) in [5.41, 5.74) is 13.4. The van der Waals surface area contributed by atoms with E-state index in [2.05, 4.69) is 187 Å². The van der Waals surface area contributed by atoms with Crippen molar-refractivity contribution in [3.63, 3.8) is 0 Å². The summed E-state index contributed by atoms with van der Waals surface area (Å²) in [6, 6.07) is 0. The summed E-state index contributed by atoms with van der Waals surface area (Å²) in [4.78, 5) is 12.2. The summed E-state index contributed by atoms with van der Waals surface area (Å²) in [6.45, 7) is 61.4. The lowest BCUT2D eigenvalue weighted by Gasteiger charge is -2.19. The molecule has 4 aromatic heterocycles. The summed E-state index contributed by atoms with van der Waals surface area (Å²) >= 11 is 7.90. The summed E-state index contributed by atoms with van der Waals surface area (Å²) in [5, 5.41) is 0. The molecule has 0 bridgehead atoms. The van der Waals surface area contributed by atoms with E-state index in [1.807, 2.05) is 45.3 Å². The minimum absolute atomic E-state index is 0.281. The van der Waals surface area contributed by atoms with Crippen LogP contribution in [0.15, 0.2) is 0 Å². The third-order valence-corrected chi connectivity index (χ3v) is 18.1. The Morgan fingerprint density at radius 3 is 0.623 bits per heavy atom. The Bertz CT molecular complexity index is 1690. The first kappa shape index (κ1) is 49.8. The van der Waals surface area contributed by atoms with Gasteiger partial charge < -0.3 is 0 Å². The second-order valence-electron chi connectivity index (χ2n) is 20.9. The maximum absolute atomic E-state index is 2.30. The molecule has 0 saturated carbocycles. The fourth-order valence-corrected chi connectivity index (χ4v) is 12.1. The van der Waals surface area contributed by atoms with Gasteiger partial charge in [0, 0.05) is 39.0 Å². The van der Waals surface area contributed by atoms with Gasteiger partial charge in [-0.15, -0.1) is 45.3 Å². The zero-order valence-corrected chi connectivity index (χ0v) is 43.0. The molecule has 0 aliphatic rings. The van der Waals surface area contributed by atoms with Crippen molar-refractivity contribution in [3.8, 4) is 0 Å². The zero-order valence-electron chi connectivity index (χ0n) is 39.7. The number of hydrogen-bond acceptors (Lipinski definition) is 4. The number of aryl methyl sites for hydroxylation is 2. The maximum atomic E-state index is 2.30. The molecule has 4 aromatic rings. The van der Waals surface area contributed by atoms with Crippen LogP contribution in [-0.2, 0) is 27.1 Å². The first-order chi connectivity index (χ1) is 23.5. The molecule has 0 unspecified atom stereocenters. The van der Waals surface area contributed by atoms with Crippen LogP contribution in [0, 0.1) is 69.2 Å². The zero-order chi connectivity index (χ0) is 42.1. The molecular weight excluding hydrogens is 717 g/mol. The van der Waals surface area contributed by atoms with E-state index in [1.165, 1.54) is 64.0 Å². The van der Waals surface area contributed by atoms with Crippen LogP contribution in [0.4, 0.5) is 0 Å². The SMILES string of the molecule is Cc1c(C(C)(C)C)sc(C(C)(C)C)c1C.Cc1c(C(C)C)sc(C(C)(C)C)c1C.Cc1sc(C(C)(C)C)c(C)c1C.Cc1sc(C(C)(C)C)c(C)c1C. The van der Waals surface area contributed by atoms with Crippen molar-refractivity contribution in [1.82, 2.24) is 0 Å². The summed E-state index contributed by atoms with van der Waals surface area (Å²) in [5.74, 6) is 0.662. The van der Waals surface area contributed by atoms with Gasteiger partial charge in [0.15, 0.2) is 0 Å². The number of hydrogen-bond donors (Lipinski definition) is 0. The molecule has 4 heteroatoms. The van der Waals surface area contributed by atoms with Crippen LogP contribution >= 0.6 is 45.3 Å². The minimum Gasteiger partial charge on any atom is -0.145 e. The smallest absolute Gasteiger partial charge is 0.0134 e. The van der Waals surface area contributed by atoms with Crippen LogP contribution in [0.5, 0.6) is 0 Å². The number of thiophene rings is 4. The van der Waals surface area contributed by atoms with E-state index < -0.39 is 0 Å². The Morgan fingerprint density at radius 1 is 0.283 bits per heavy atom. The Balaban J connectivity index is 0.000000355. The van der Waals surface area contributed by atoms with Gasteiger partial charge in [-0.05, 0) is 147 Å². The van der Waals surface area contributed by atoms with Gasteiger partial charge in [-0.2, -0.15) is 0 Å². The molecule has 0 aromatic carbocycles. The van der Waals surface area contributed by atoms with Crippen molar-refractivity contribution in [2.45, 2.75) is 220 Å². The van der Waals surface area contributed by atoms with Crippen LogP contribution in [0.3, 0.4) is 0 Å². The summed E-state index contributed by atoms with van der Waals surface area (Å²) in [7, 11) is 0. The summed E-state index contributed by atoms with van der Waals surface area (Å²) < 4.78 is 0. The molecule has 4 rings (SSSR count). The highest BCUT2D eigenvalue weighted by Gasteiger charge is 2.27. The predicted molar refractivity (Wildman–Crippen MR) is 252 cm³/mol. The molecular formula is C49H82S4. The quantitative estimate of drug-likeness (QED) is 0.180. The minimum atomic E-state index is 0.281. The third kappa shape index (κ3) is 12.9. The van der Waals surface area contributed by atoms with Gasteiger partial charge in [-0.3, -0.25) is 0 Å². The highest BCUT2D eigenvalue weighted by atomic mass is 32.1. The standard InChI is InChI=1S/C14H24S.C13H22S.2C11H18S/c1-9-10(2)12(14(6,7)8)15-11(9)13(3,4)5;1-8(2)11-9(3)10(4)12(14-11)13(5,6)7;2*1-7-8(2)10(11(4,5)6)12-9(7)3/h1-8H3;8H,1-7H3;2*1-6H3. The largest absolute Gasteiger partial charge is 0.145 e. The molecule has 0 N–H and O–H groups in total. The van der Waals surface area contributed by atoms with Crippen molar-refractivity contribution in [2.75, 3.05) is 0 Å². The van der Waals surface area contributed by atoms with E-state index in [9.17, 15) is 0 Å². The van der Waals surface area contributed by atoms with Gasteiger partial charge in [0.2, 0.25) is 0 Å². The second kappa shape index (κ2) is 17.9. The maximum Gasteiger partial charge on any atom is 0.0134 e. The predicted octanol–water partition coefficient (Wildman–Crippen LogP) is 17.7. The Morgan fingerprint density at radius 2 is 0.491 bits per heavy atom. The molecule has 0 atom stereocenters. The molecule has 0 aliphatic carbocycles. The molecule has 0 amide bonds. The van der Waals surface area contributed by atoms with Gasteiger partial charge in [0.25, 0.3) is 0 Å². The van der Waals surface area contributed by atoms with E-state index in [-0.39, 0.29) is 10.8 Å². The number of rotatable bonds is 1.